The third-order valence-electron chi connectivity index (χ3n) is 4.31. The van der Waals surface area contributed by atoms with Crippen LogP contribution >= 0.6 is 0 Å². The molecule has 2 aromatic rings. The molecule has 5 heteroatoms. The molecule has 1 aliphatic heterocycles. The lowest BCUT2D eigenvalue weighted by Crippen LogP contribution is -2.33. The van der Waals surface area contributed by atoms with E-state index in [0.29, 0.717) is 24.2 Å². The highest BCUT2D eigenvalue weighted by Crippen LogP contribution is 2.37. The summed E-state index contributed by atoms with van der Waals surface area (Å²) in [4.78, 5) is 16.0. The highest BCUT2D eigenvalue weighted by atomic mass is 17.1. The van der Waals surface area contributed by atoms with Gasteiger partial charge in [-0.05, 0) is 62.6 Å². The molecule has 0 saturated carbocycles. The van der Waals surface area contributed by atoms with Gasteiger partial charge in [-0.25, -0.2) is 9.68 Å². The summed E-state index contributed by atoms with van der Waals surface area (Å²) >= 11 is 0. The van der Waals surface area contributed by atoms with Gasteiger partial charge in [-0.1, -0.05) is 6.58 Å². The molecule has 1 aromatic carbocycles. The lowest BCUT2D eigenvalue weighted by Gasteiger charge is -2.32. The Labute approximate surface area is 139 Å². The van der Waals surface area contributed by atoms with E-state index in [2.05, 4.69) is 11.5 Å². The van der Waals surface area contributed by atoms with E-state index in [-0.39, 0.29) is 5.63 Å². The quantitative estimate of drug-likeness (QED) is 0.386. The molecule has 0 fully saturated rings. The van der Waals surface area contributed by atoms with Crippen molar-refractivity contribution in [1.29, 1.82) is 0 Å². The Bertz CT molecular complexity index is 864. The summed E-state index contributed by atoms with van der Waals surface area (Å²) in [6.07, 6.45) is 4.64. The normalized spacial score (nSPS) is 20.5. The van der Waals surface area contributed by atoms with Gasteiger partial charge in [0.15, 0.2) is 0 Å². The molecule has 0 saturated heterocycles. The van der Waals surface area contributed by atoms with Crippen molar-refractivity contribution in [2.24, 2.45) is 0 Å². The number of ether oxygens (including phenoxy) is 1. The van der Waals surface area contributed by atoms with Crippen molar-refractivity contribution in [3.8, 4) is 5.75 Å². The molecule has 24 heavy (non-hydrogen) atoms. The van der Waals surface area contributed by atoms with Gasteiger partial charge >= 0.3 is 5.63 Å². The molecule has 5 nitrogen and oxygen atoms in total. The maximum Gasteiger partial charge on any atom is 0.336 e. The van der Waals surface area contributed by atoms with Crippen LogP contribution in [0.5, 0.6) is 5.75 Å². The van der Waals surface area contributed by atoms with Crippen LogP contribution in [-0.4, -0.2) is 17.0 Å². The molecule has 1 N–H and O–H groups in total. The summed E-state index contributed by atoms with van der Waals surface area (Å²) in [5.74, 6) is 0.665. The largest absolute Gasteiger partial charge is 0.483 e. The van der Waals surface area contributed by atoms with E-state index in [1.807, 2.05) is 38.1 Å². The van der Waals surface area contributed by atoms with E-state index < -0.39 is 11.7 Å². The lowest BCUT2D eigenvalue weighted by molar-refractivity contribution is -0.270. The van der Waals surface area contributed by atoms with Crippen molar-refractivity contribution in [2.45, 2.75) is 38.4 Å². The van der Waals surface area contributed by atoms with Crippen LogP contribution in [0.15, 0.2) is 51.7 Å². The third kappa shape index (κ3) is 3.13. The fourth-order valence-corrected chi connectivity index (χ4v) is 2.87. The molecule has 1 unspecified atom stereocenters. The molecular formula is C19H20O5. The summed E-state index contributed by atoms with van der Waals surface area (Å²) in [6.45, 7) is 7.58. The molecule has 1 aromatic heterocycles. The maximum atomic E-state index is 11.5. The van der Waals surface area contributed by atoms with Gasteiger partial charge in [-0.3, -0.25) is 5.26 Å². The van der Waals surface area contributed by atoms with Crippen molar-refractivity contribution in [1.82, 2.24) is 0 Å². The van der Waals surface area contributed by atoms with Gasteiger partial charge in [-0.15, -0.1) is 0 Å². The van der Waals surface area contributed by atoms with Gasteiger partial charge in [-0.2, -0.15) is 0 Å². The Morgan fingerprint density at radius 1 is 1.38 bits per heavy atom. The van der Waals surface area contributed by atoms with Gasteiger partial charge in [0.2, 0.25) is 0 Å². The first kappa shape index (κ1) is 16.5. The Balaban J connectivity index is 1.88. The molecule has 0 aliphatic carbocycles. The van der Waals surface area contributed by atoms with E-state index in [1.165, 1.54) is 6.07 Å². The van der Waals surface area contributed by atoms with E-state index in [0.717, 1.165) is 16.5 Å². The summed E-state index contributed by atoms with van der Waals surface area (Å²) in [5.41, 5.74) is 1.12. The highest BCUT2D eigenvalue weighted by Gasteiger charge is 2.30. The van der Waals surface area contributed by atoms with Crippen LogP contribution in [0.2, 0.25) is 0 Å². The minimum Gasteiger partial charge on any atom is -0.483 e. The highest BCUT2D eigenvalue weighted by molar-refractivity contribution is 5.89. The SMILES string of the molecule is C=C(C)[C@@H](CCC1(C)C=Cc2c(ccc3ccc(=O)oc23)O1)OO. The average Bonchev–Trinajstić information content (AvgIpc) is 2.54. The van der Waals surface area contributed by atoms with Crippen LogP contribution in [0.1, 0.15) is 32.3 Å². The van der Waals surface area contributed by atoms with Gasteiger partial charge in [0.25, 0.3) is 0 Å². The minimum atomic E-state index is -0.540. The average molecular weight is 328 g/mol. The summed E-state index contributed by atoms with van der Waals surface area (Å²) < 4.78 is 11.5. The van der Waals surface area contributed by atoms with Crippen molar-refractivity contribution >= 4 is 17.0 Å². The van der Waals surface area contributed by atoms with Gasteiger partial charge in [0, 0.05) is 11.5 Å². The van der Waals surface area contributed by atoms with Crippen molar-refractivity contribution < 1.29 is 19.3 Å². The molecular weight excluding hydrogens is 308 g/mol. The van der Waals surface area contributed by atoms with E-state index >= 15 is 0 Å². The first-order valence-electron chi connectivity index (χ1n) is 7.82. The van der Waals surface area contributed by atoms with Crippen LogP contribution in [0.25, 0.3) is 17.0 Å². The van der Waals surface area contributed by atoms with Gasteiger partial charge in [0.05, 0.1) is 5.56 Å². The minimum absolute atomic E-state index is 0.387. The van der Waals surface area contributed by atoms with Crippen LogP contribution in [0.4, 0.5) is 0 Å². The molecule has 2 heterocycles. The number of hydrogen-bond acceptors (Lipinski definition) is 5. The molecule has 0 radical (unpaired) electrons. The predicted molar refractivity (Wildman–Crippen MR) is 92.1 cm³/mol. The fourth-order valence-electron chi connectivity index (χ4n) is 2.87. The maximum absolute atomic E-state index is 11.5. The third-order valence-corrected chi connectivity index (χ3v) is 4.31. The summed E-state index contributed by atoms with van der Waals surface area (Å²) in [6, 6.07) is 6.88. The Morgan fingerprint density at radius 2 is 2.12 bits per heavy atom. The van der Waals surface area contributed by atoms with Gasteiger partial charge in [0.1, 0.15) is 23.0 Å². The van der Waals surface area contributed by atoms with Crippen LogP contribution in [-0.2, 0) is 4.89 Å². The van der Waals surface area contributed by atoms with Crippen LogP contribution < -0.4 is 10.4 Å². The first-order valence-corrected chi connectivity index (χ1v) is 7.82. The molecule has 1 aliphatic rings. The van der Waals surface area contributed by atoms with Crippen molar-refractivity contribution in [3.63, 3.8) is 0 Å². The zero-order chi connectivity index (χ0) is 17.3. The van der Waals surface area contributed by atoms with Crippen LogP contribution in [0.3, 0.4) is 0 Å². The van der Waals surface area contributed by atoms with Crippen molar-refractivity contribution in [3.05, 3.63) is 58.5 Å². The summed E-state index contributed by atoms with van der Waals surface area (Å²) in [5, 5.41) is 9.80. The summed E-state index contributed by atoms with van der Waals surface area (Å²) in [7, 11) is 0. The zero-order valence-corrected chi connectivity index (χ0v) is 13.7. The molecule has 0 spiro atoms. The number of rotatable bonds is 5. The topological polar surface area (TPSA) is 68.9 Å². The second kappa shape index (κ2) is 6.26. The van der Waals surface area contributed by atoms with E-state index in [1.54, 1.807) is 6.07 Å². The second-order valence-electron chi connectivity index (χ2n) is 6.38. The Hall–Kier alpha value is -2.37. The molecule has 126 valence electrons. The van der Waals surface area contributed by atoms with E-state index in [4.69, 9.17) is 14.4 Å². The molecule has 3 rings (SSSR count). The van der Waals surface area contributed by atoms with E-state index in [9.17, 15) is 4.79 Å². The number of fused-ring (bicyclic) bond motifs is 3. The number of benzene rings is 1. The lowest BCUT2D eigenvalue weighted by atomic mass is 9.92. The standard InChI is InChI=1S/C19H20O5/c1-12(2)15(24-21)9-11-19(3)10-8-14-16(23-19)6-4-13-5-7-17(20)22-18(13)14/h4-8,10,15,21H,1,9,11H2,2-3H3/t15-,19?/m1/s1. The Morgan fingerprint density at radius 3 is 2.83 bits per heavy atom. The Kier molecular flexibility index (Phi) is 4.30. The first-order chi connectivity index (χ1) is 11.4. The van der Waals surface area contributed by atoms with Gasteiger partial charge < -0.3 is 9.15 Å². The number of hydrogen-bond donors (Lipinski definition) is 1. The molecule has 0 bridgehead atoms. The predicted octanol–water partition coefficient (Wildman–Crippen LogP) is 4.17. The zero-order valence-electron chi connectivity index (χ0n) is 13.7. The smallest absolute Gasteiger partial charge is 0.336 e. The van der Waals surface area contributed by atoms with Crippen LogP contribution in [0, 0.1) is 0 Å². The van der Waals surface area contributed by atoms with Crippen molar-refractivity contribution in [2.75, 3.05) is 0 Å². The second-order valence-corrected chi connectivity index (χ2v) is 6.38. The fraction of sp³-hybridized carbons (Fsp3) is 0.316. The molecule has 0 amide bonds. The monoisotopic (exact) mass is 328 g/mol. The molecule has 2 atom stereocenters.